The summed E-state index contributed by atoms with van der Waals surface area (Å²) in [5, 5.41) is 9.47. The molecule has 0 unspecified atom stereocenters. The van der Waals surface area contributed by atoms with Crippen molar-refractivity contribution in [3.63, 3.8) is 0 Å². The molecule has 2 rings (SSSR count). The summed E-state index contributed by atoms with van der Waals surface area (Å²) in [5.74, 6) is 0. The Bertz CT molecular complexity index is 845. The highest BCUT2D eigenvalue weighted by molar-refractivity contribution is 14.1. The van der Waals surface area contributed by atoms with E-state index in [0.29, 0.717) is 23.1 Å². The van der Waals surface area contributed by atoms with E-state index in [0.717, 1.165) is 9.13 Å². The van der Waals surface area contributed by atoms with Crippen LogP contribution < -0.4 is 4.31 Å². The first-order valence-electron chi connectivity index (χ1n) is 6.75. The molecule has 0 spiro atoms. The van der Waals surface area contributed by atoms with Crippen molar-refractivity contribution in [1.82, 2.24) is 0 Å². The summed E-state index contributed by atoms with van der Waals surface area (Å²) in [6.07, 6.45) is 0. The van der Waals surface area contributed by atoms with Gasteiger partial charge in [-0.1, -0.05) is 33.6 Å². The minimum atomic E-state index is -3.66. The van der Waals surface area contributed by atoms with Crippen molar-refractivity contribution in [1.29, 1.82) is 5.26 Å². The van der Waals surface area contributed by atoms with E-state index in [1.807, 2.05) is 6.92 Å². The lowest BCUT2D eigenvalue weighted by molar-refractivity contribution is 0.592. The number of halogens is 2. The van der Waals surface area contributed by atoms with Gasteiger partial charge in [0, 0.05) is 15.4 Å². The van der Waals surface area contributed by atoms with Crippen LogP contribution in [0.5, 0.6) is 0 Å². The van der Waals surface area contributed by atoms with Gasteiger partial charge in [-0.25, -0.2) is 8.42 Å². The molecule has 0 heterocycles. The van der Waals surface area contributed by atoms with Gasteiger partial charge >= 0.3 is 0 Å². The molecule has 2 aromatic rings. The minimum absolute atomic E-state index is 0.254. The molecular weight excluding hydrogens is 491 g/mol. The number of sulfonamides is 1. The number of aryl methyl sites for hydroxylation is 1. The van der Waals surface area contributed by atoms with E-state index in [4.69, 9.17) is 5.26 Å². The standard InChI is InChI=1S/C16H14BrIN2O2S/c1-12-2-5-14(6-3-12)23(21,22)20(9-8-17)16-7-4-13(11-19)10-15(16)18/h2-7,10H,8-9H2,1H3. The van der Waals surface area contributed by atoms with Gasteiger partial charge in [-0.15, -0.1) is 0 Å². The molecule has 0 N–H and O–H groups in total. The Hall–Kier alpha value is -1.11. The first kappa shape index (κ1) is 18.2. The first-order valence-corrected chi connectivity index (χ1v) is 10.4. The quantitative estimate of drug-likeness (QED) is 0.455. The minimum Gasteiger partial charge on any atom is -0.264 e. The van der Waals surface area contributed by atoms with Crippen molar-refractivity contribution in [2.45, 2.75) is 11.8 Å². The molecule has 7 heteroatoms. The Kier molecular flexibility index (Phi) is 6.06. The summed E-state index contributed by atoms with van der Waals surface area (Å²) in [7, 11) is -3.66. The lowest BCUT2D eigenvalue weighted by atomic mass is 10.2. The molecule has 120 valence electrons. The van der Waals surface area contributed by atoms with Crippen molar-refractivity contribution in [3.8, 4) is 6.07 Å². The third-order valence-electron chi connectivity index (χ3n) is 3.24. The van der Waals surface area contributed by atoms with Gasteiger partial charge in [0.15, 0.2) is 0 Å². The second-order valence-electron chi connectivity index (χ2n) is 4.86. The summed E-state index contributed by atoms with van der Waals surface area (Å²) in [6.45, 7) is 2.22. The maximum atomic E-state index is 13.0. The average molecular weight is 505 g/mol. The van der Waals surface area contributed by atoms with E-state index in [9.17, 15) is 8.42 Å². The van der Waals surface area contributed by atoms with Crippen LogP contribution in [0.1, 0.15) is 11.1 Å². The summed E-state index contributed by atoms with van der Waals surface area (Å²) in [4.78, 5) is 0.254. The van der Waals surface area contributed by atoms with E-state index in [2.05, 4.69) is 44.6 Å². The summed E-state index contributed by atoms with van der Waals surface area (Å²) >= 11 is 5.37. The van der Waals surface area contributed by atoms with E-state index >= 15 is 0 Å². The zero-order chi connectivity index (χ0) is 17.0. The van der Waals surface area contributed by atoms with E-state index in [1.165, 1.54) is 4.31 Å². The van der Waals surface area contributed by atoms with Crippen LogP contribution in [0.25, 0.3) is 0 Å². The zero-order valence-electron chi connectivity index (χ0n) is 12.3. The van der Waals surface area contributed by atoms with Gasteiger partial charge < -0.3 is 0 Å². The van der Waals surface area contributed by atoms with Crippen LogP contribution in [0.15, 0.2) is 47.4 Å². The fourth-order valence-corrected chi connectivity index (χ4v) is 5.11. The van der Waals surface area contributed by atoms with Crippen LogP contribution in [0.4, 0.5) is 5.69 Å². The second kappa shape index (κ2) is 7.64. The Morgan fingerprint density at radius 2 is 1.87 bits per heavy atom. The van der Waals surface area contributed by atoms with Gasteiger partial charge in [0.05, 0.1) is 22.2 Å². The van der Waals surface area contributed by atoms with Gasteiger partial charge in [0.25, 0.3) is 10.0 Å². The average Bonchev–Trinajstić information content (AvgIpc) is 2.53. The number of nitriles is 1. The van der Waals surface area contributed by atoms with Gasteiger partial charge in [-0.2, -0.15) is 5.26 Å². The van der Waals surface area contributed by atoms with Crippen LogP contribution in [0.2, 0.25) is 0 Å². The van der Waals surface area contributed by atoms with E-state index < -0.39 is 10.0 Å². The molecule has 4 nitrogen and oxygen atoms in total. The number of nitrogens with zero attached hydrogens (tertiary/aromatic N) is 2. The van der Waals surface area contributed by atoms with Crippen LogP contribution in [0.3, 0.4) is 0 Å². The van der Waals surface area contributed by atoms with Crippen LogP contribution in [0, 0.1) is 21.8 Å². The molecule has 0 fully saturated rings. The number of alkyl halides is 1. The SMILES string of the molecule is Cc1ccc(S(=O)(=O)N(CCBr)c2ccc(C#N)cc2I)cc1. The van der Waals surface area contributed by atoms with Gasteiger partial charge in [0.1, 0.15) is 0 Å². The molecule has 0 radical (unpaired) electrons. The van der Waals surface area contributed by atoms with Crippen LogP contribution in [-0.4, -0.2) is 20.3 Å². The molecule has 2 aromatic carbocycles. The zero-order valence-corrected chi connectivity index (χ0v) is 16.9. The maximum Gasteiger partial charge on any atom is 0.264 e. The van der Waals surface area contributed by atoms with Crippen molar-refractivity contribution in [2.24, 2.45) is 0 Å². The van der Waals surface area contributed by atoms with Crippen molar-refractivity contribution >= 4 is 54.2 Å². The predicted octanol–water partition coefficient (Wildman–Crippen LogP) is 4.06. The molecule has 0 aliphatic carbocycles. The molecule has 0 aliphatic heterocycles. The van der Waals surface area contributed by atoms with E-state index in [1.54, 1.807) is 42.5 Å². The molecule has 0 atom stereocenters. The molecular formula is C16H14BrIN2O2S. The Balaban J connectivity index is 2.53. The van der Waals surface area contributed by atoms with Crippen molar-refractivity contribution < 1.29 is 8.42 Å². The largest absolute Gasteiger partial charge is 0.264 e. The first-order chi connectivity index (χ1) is 10.9. The third kappa shape index (κ3) is 4.05. The van der Waals surface area contributed by atoms with Crippen LogP contribution in [-0.2, 0) is 10.0 Å². The van der Waals surface area contributed by atoms with Gasteiger partial charge in [0.2, 0.25) is 0 Å². The molecule has 0 saturated carbocycles. The summed E-state index contributed by atoms with van der Waals surface area (Å²) in [5.41, 5.74) is 2.08. The highest BCUT2D eigenvalue weighted by Crippen LogP contribution is 2.29. The molecule has 0 saturated heterocycles. The van der Waals surface area contributed by atoms with Crippen molar-refractivity contribution in [2.75, 3.05) is 16.2 Å². The fourth-order valence-electron chi connectivity index (χ4n) is 2.06. The smallest absolute Gasteiger partial charge is 0.264 e. The molecule has 0 aromatic heterocycles. The predicted molar refractivity (Wildman–Crippen MR) is 103 cm³/mol. The Morgan fingerprint density at radius 1 is 1.22 bits per heavy atom. The normalized spacial score (nSPS) is 11.0. The Morgan fingerprint density at radius 3 is 2.39 bits per heavy atom. The highest BCUT2D eigenvalue weighted by Gasteiger charge is 2.26. The Labute approximate surface area is 158 Å². The number of rotatable bonds is 5. The molecule has 0 bridgehead atoms. The van der Waals surface area contributed by atoms with Crippen LogP contribution >= 0.6 is 38.5 Å². The lowest BCUT2D eigenvalue weighted by Crippen LogP contribution is -2.33. The van der Waals surface area contributed by atoms with Gasteiger partial charge in [-0.3, -0.25) is 4.31 Å². The molecule has 23 heavy (non-hydrogen) atoms. The molecule has 0 amide bonds. The highest BCUT2D eigenvalue weighted by atomic mass is 127. The number of hydrogen-bond acceptors (Lipinski definition) is 3. The number of hydrogen-bond donors (Lipinski definition) is 0. The van der Waals surface area contributed by atoms with E-state index in [-0.39, 0.29) is 4.90 Å². The second-order valence-corrected chi connectivity index (χ2v) is 8.67. The topological polar surface area (TPSA) is 61.2 Å². The molecule has 0 aliphatic rings. The summed E-state index contributed by atoms with van der Waals surface area (Å²) < 4.78 is 28.0. The van der Waals surface area contributed by atoms with Crippen molar-refractivity contribution in [3.05, 3.63) is 57.2 Å². The van der Waals surface area contributed by atoms with Gasteiger partial charge in [-0.05, 0) is 59.8 Å². The summed E-state index contributed by atoms with van der Waals surface area (Å²) in [6, 6.07) is 13.8. The third-order valence-corrected chi connectivity index (χ3v) is 6.29. The number of anilines is 1. The number of benzene rings is 2. The lowest BCUT2D eigenvalue weighted by Gasteiger charge is -2.25. The maximum absolute atomic E-state index is 13.0. The fraction of sp³-hybridized carbons (Fsp3) is 0.188. The monoisotopic (exact) mass is 504 g/mol.